The minimum Gasteiger partial charge on any atom is -0.327 e. The first-order valence-electron chi connectivity index (χ1n) is 7.76. The molecule has 0 bridgehead atoms. The van der Waals surface area contributed by atoms with Crippen molar-refractivity contribution in [3.05, 3.63) is 29.8 Å². The maximum absolute atomic E-state index is 6.37. The summed E-state index contributed by atoms with van der Waals surface area (Å²) in [4.78, 5) is 1.50. The number of thioether (sulfide) groups is 1. The molecule has 1 aromatic carbocycles. The van der Waals surface area contributed by atoms with Crippen LogP contribution in [-0.4, -0.2) is 11.3 Å². The summed E-state index contributed by atoms with van der Waals surface area (Å²) >= 11 is 2.09. The lowest BCUT2D eigenvalue weighted by Crippen LogP contribution is -2.37. The molecule has 2 heteroatoms. The van der Waals surface area contributed by atoms with E-state index in [9.17, 15) is 0 Å². The fraction of sp³-hybridized carbons (Fsp3) is 0.647. The van der Waals surface area contributed by atoms with Crippen molar-refractivity contribution in [2.75, 3.05) is 0 Å². The Kier molecular flexibility index (Phi) is 4.18. The Bertz CT molecular complexity index is 406. The quantitative estimate of drug-likeness (QED) is 0.892. The molecule has 4 unspecified atom stereocenters. The number of nitrogens with two attached hydrogens (primary N) is 1. The molecule has 1 aromatic rings. The Hall–Kier alpha value is -0.470. The molecule has 3 rings (SSSR count). The normalized spacial score (nSPS) is 34.2. The third-order valence-corrected chi connectivity index (χ3v) is 6.35. The van der Waals surface area contributed by atoms with Gasteiger partial charge < -0.3 is 5.73 Å². The third-order valence-electron chi connectivity index (χ3n) is 5.01. The molecule has 4 atom stereocenters. The molecule has 2 aliphatic rings. The van der Waals surface area contributed by atoms with Crippen LogP contribution in [0.25, 0.3) is 0 Å². The van der Waals surface area contributed by atoms with Crippen molar-refractivity contribution in [2.45, 2.75) is 61.6 Å². The molecule has 1 fully saturated rings. The molecule has 1 aliphatic heterocycles. The van der Waals surface area contributed by atoms with Gasteiger partial charge >= 0.3 is 0 Å². The summed E-state index contributed by atoms with van der Waals surface area (Å²) in [6, 6.07) is 9.34. The van der Waals surface area contributed by atoms with Crippen molar-refractivity contribution in [3.63, 3.8) is 0 Å². The van der Waals surface area contributed by atoms with Gasteiger partial charge in [0.25, 0.3) is 0 Å². The largest absolute Gasteiger partial charge is 0.327 e. The molecule has 0 radical (unpaired) electrons. The van der Waals surface area contributed by atoms with E-state index in [0.29, 0.717) is 6.04 Å². The first-order valence-corrected chi connectivity index (χ1v) is 8.64. The molecular formula is C17H25NS. The highest BCUT2D eigenvalue weighted by atomic mass is 32.2. The summed E-state index contributed by atoms with van der Waals surface area (Å²) in [7, 11) is 0. The number of fused-ring (bicyclic) bond motifs is 1. The number of rotatable bonds is 3. The Labute approximate surface area is 121 Å². The topological polar surface area (TPSA) is 26.0 Å². The molecule has 1 nitrogen and oxygen atoms in total. The summed E-state index contributed by atoms with van der Waals surface area (Å²) in [6.07, 6.45) is 7.86. The van der Waals surface area contributed by atoms with Crippen molar-refractivity contribution in [2.24, 2.45) is 17.6 Å². The van der Waals surface area contributed by atoms with Gasteiger partial charge in [-0.3, -0.25) is 0 Å². The van der Waals surface area contributed by atoms with Crippen LogP contribution in [0.3, 0.4) is 0 Å². The Morgan fingerprint density at radius 1 is 1.26 bits per heavy atom. The van der Waals surface area contributed by atoms with E-state index >= 15 is 0 Å². The summed E-state index contributed by atoms with van der Waals surface area (Å²) in [5, 5.41) is 0.768. The van der Waals surface area contributed by atoms with E-state index in [1.165, 1.54) is 43.4 Å². The molecule has 0 spiro atoms. The van der Waals surface area contributed by atoms with Gasteiger partial charge in [0.2, 0.25) is 0 Å². The Morgan fingerprint density at radius 2 is 2.11 bits per heavy atom. The van der Waals surface area contributed by atoms with E-state index < -0.39 is 0 Å². The molecule has 2 N–H and O–H groups in total. The van der Waals surface area contributed by atoms with E-state index in [-0.39, 0.29) is 0 Å². The first-order chi connectivity index (χ1) is 9.26. The van der Waals surface area contributed by atoms with Gasteiger partial charge in [0.05, 0.1) is 0 Å². The molecule has 1 aliphatic carbocycles. The molecule has 0 aromatic heterocycles. The highest BCUT2D eigenvalue weighted by Crippen LogP contribution is 2.42. The van der Waals surface area contributed by atoms with E-state index in [1.54, 1.807) is 5.56 Å². The molecule has 104 valence electrons. The lowest BCUT2D eigenvalue weighted by molar-refractivity contribution is 0.217. The van der Waals surface area contributed by atoms with Crippen molar-refractivity contribution >= 4 is 11.8 Å². The van der Waals surface area contributed by atoms with Gasteiger partial charge in [-0.1, -0.05) is 31.5 Å². The van der Waals surface area contributed by atoms with Crippen LogP contribution in [0, 0.1) is 11.8 Å². The van der Waals surface area contributed by atoms with Crippen LogP contribution in [0.15, 0.2) is 29.2 Å². The molecular weight excluding hydrogens is 250 g/mol. The van der Waals surface area contributed by atoms with Gasteiger partial charge in [-0.15, -0.1) is 11.8 Å². The zero-order valence-corrected chi connectivity index (χ0v) is 12.7. The molecule has 0 saturated heterocycles. The molecule has 1 heterocycles. The monoisotopic (exact) mass is 275 g/mol. The third kappa shape index (κ3) is 3.00. The van der Waals surface area contributed by atoms with Gasteiger partial charge in [-0.2, -0.15) is 0 Å². The summed E-state index contributed by atoms with van der Waals surface area (Å²) in [5.41, 5.74) is 7.92. The lowest BCUT2D eigenvalue weighted by Gasteiger charge is -2.35. The van der Waals surface area contributed by atoms with Crippen molar-refractivity contribution in [1.29, 1.82) is 0 Å². The van der Waals surface area contributed by atoms with Gasteiger partial charge in [-0.05, 0) is 55.6 Å². The van der Waals surface area contributed by atoms with Crippen molar-refractivity contribution < 1.29 is 0 Å². The fourth-order valence-corrected chi connectivity index (χ4v) is 5.17. The predicted molar refractivity (Wildman–Crippen MR) is 83.5 cm³/mol. The Balaban J connectivity index is 1.60. The number of hydrogen-bond acceptors (Lipinski definition) is 2. The van der Waals surface area contributed by atoms with Gasteiger partial charge in [-0.25, -0.2) is 0 Å². The number of benzene rings is 1. The molecule has 19 heavy (non-hydrogen) atoms. The smallest absolute Gasteiger partial charge is 0.0138 e. The Morgan fingerprint density at radius 3 is 2.89 bits per heavy atom. The van der Waals surface area contributed by atoms with E-state index in [2.05, 4.69) is 43.0 Å². The van der Waals surface area contributed by atoms with E-state index in [0.717, 1.165) is 17.1 Å². The average molecular weight is 275 g/mol. The maximum atomic E-state index is 6.37. The van der Waals surface area contributed by atoms with Gasteiger partial charge in [0, 0.05) is 16.2 Å². The second-order valence-electron chi connectivity index (χ2n) is 6.30. The molecule has 1 saturated carbocycles. The lowest BCUT2D eigenvalue weighted by atomic mass is 9.75. The minimum atomic E-state index is 0.451. The van der Waals surface area contributed by atoms with E-state index in [4.69, 9.17) is 5.73 Å². The van der Waals surface area contributed by atoms with Crippen molar-refractivity contribution in [3.8, 4) is 0 Å². The fourth-order valence-electron chi connectivity index (χ4n) is 3.75. The van der Waals surface area contributed by atoms with Crippen LogP contribution < -0.4 is 5.73 Å². The van der Waals surface area contributed by atoms with E-state index in [1.807, 2.05) is 0 Å². The number of hydrogen-bond donors (Lipinski definition) is 1. The van der Waals surface area contributed by atoms with Crippen LogP contribution >= 0.6 is 11.8 Å². The average Bonchev–Trinajstić information content (AvgIpc) is 2.83. The van der Waals surface area contributed by atoms with Gasteiger partial charge in [0.15, 0.2) is 0 Å². The predicted octanol–water partition coefficient (Wildman–Crippen LogP) is 4.25. The highest BCUT2D eigenvalue weighted by molar-refractivity contribution is 8.00. The molecule has 0 amide bonds. The SMILES string of the molecule is CCC1CCC(N)C(CC2Cc3ccccc3S2)C1. The summed E-state index contributed by atoms with van der Waals surface area (Å²) in [6.45, 7) is 2.33. The minimum absolute atomic E-state index is 0.451. The second-order valence-corrected chi connectivity index (χ2v) is 7.64. The van der Waals surface area contributed by atoms with Crippen LogP contribution in [0.4, 0.5) is 0 Å². The summed E-state index contributed by atoms with van der Waals surface area (Å²) in [5.74, 6) is 1.68. The van der Waals surface area contributed by atoms with Crippen LogP contribution in [-0.2, 0) is 6.42 Å². The second kappa shape index (κ2) is 5.88. The van der Waals surface area contributed by atoms with Crippen LogP contribution in [0.5, 0.6) is 0 Å². The van der Waals surface area contributed by atoms with Gasteiger partial charge in [0.1, 0.15) is 0 Å². The standard InChI is InChI=1S/C17H25NS/c1-2-12-7-8-16(18)14(9-12)11-15-10-13-5-3-4-6-17(13)19-15/h3-6,12,14-16H,2,7-11,18H2,1H3. The highest BCUT2D eigenvalue weighted by Gasteiger charge is 2.31. The summed E-state index contributed by atoms with van der Waals surface area (Å²) < 4.78 is 0. The first kappa shape index (κ1) is 13.5. The zero-order valence-electron chi connectivity index (χ0n) is 11.8. The van der Waals surface area contributed by atoms with Crippen molar-refractivity contribution in [1.82, 2.24) is 0 Å². The maximum Gasteiger partial charge on any atom is 0.0138 e. The zero-order chi connectivity index (χ0) is 13.2. The van der Waals surface area contributed by atoms with Crippen LogP contribution in [0.2, 0.25) is 0 Å². The van der Waals surface area contributed by atoms with Crippen LogP contribution in [0.1, 0.15) is 44.6 Å².